The molecule has 1 aromatic carbocycles. The summed E-state index contributed by atoms with van der Waals surface area (Å²) >= 11 is 0. The number of aromatic hydroxyl groups is 1. The minimum Gasteiger partial charge on any atom is -0.508 e. The number of phenolic OH excluding ortho intramolecular Hbond substituents is 1. The number of aliphatic carboxylic acids is 3. The van der Waals surface area contributed by atoms with Crippen LogP contribution in [0.5, 0.6) is 5.75 Å². The van der Waals surface area contributed by atoms with Crippen molar-refractivity contribution in [2.45, 2.75) is 114 Å². The summed E-state index contributed by atoms with van der Waals surface area (Å²) in [6.07, 6.45) is -1.75. The number of benzene rings is 1. The molecule has 0 heterocycles. The maximum Gasteiger partial charge on any atom is 0.326 e. The van der Waals surface area contributed by atoms with Crippen molar-refractivity contribution in [1.82, 2.24) is 37.2 Å². The molecule has 1 aromatic rings. The van der Waals surface area contributed by atoms with Crippen molar-refractivity contribution in [2.24, 2.45) is 33.8 Å². The van der Waals surface area contributed by atoms with Gasteiger partial charge in [0.25, 0.3) is 0 Å². The monoisotopic (exact) mass is 922 g/mol. The van der Waals surface area contributed by atoms with E-state index in [2.05, 4.69) is 42.2 Å². The smallest absolute Gasteiger partial charge is 0.326 e. The van der Waals surface area contributed by atoms with Crippen molar-refractivity contribution in [1.29, 1.82) is 0 Å². The molecule has 0 aliphatic carbocycles. The number of amides is 7. The van der Waals surface area contributed by atoms with Crippen LogP contribution in [-0.4, -0.2) is 148 Å². The Morgan fingerprint density at radius 2 is 1.06 bits per heavy atom. The molecule has 7 amide bonds. The van der Waals surface area contributed by atoms with Crippen LogP contribution in [-0.2, 0) is 54.4 Å². The van der Waals surface area contributed by atoms with Gasteiger partial charge in [0.15, 0.2) is 5.96 Å². The summed E-state index contributed by atoms with van der Waals surface area (Å²) in [5.74, 6) is -12.4. The lowest BCUT2D eigenvalue weighted by molar-refractivity contribution is -0.147. The minimum absolute atomic E-state index is 0.0199. The summed E-state index contributed by atoms with van der Waals surface area (Å²) < 4.78 is 0. The van der Waals surface area contributed by atoms with Gasteiger partial charge in [-0.3, -0.25) is 48.1 Å². The highest BCUT2D eigenvalue weighted by Gasteiger charge is 2.35. The molecule has 0 aliphatic heterocycles. The molecule has 65 heavy (non-hydrogen) atoms. The highest BCUT2D eigenvalue weighted by atomic mass is 16.4. The standard InChI is InChI=1S/C39H62N12O14/c1-19(2)31(37(63)50-27(38(64)65)17-30(56)57)51-34(60)24(8-6-14-44-39(42)43)47-35(61)25(15-21-9-11-22(52)12-10-21)49-33(59)23(7-4-5-13-40)46-36(62)26(16-29(54)55)48-32(58)20(3)45-28(53)18-41/h9-12,19-20,23-27,31,52H,4-8,13-18,40-41H2,1-3H3,(H,45,53)(H,46,62)(H,47,61)(H,48,58)(H,49,59)(H,50,63)(H,51,60)(H,54,55)(H,56,57)(H,64,65)(H4,42,43,44)/t20-,23-,24-,25-,26-,27-,31-/m0/s1. The second-order valence-corrected chi connectivity index (χ2v) is 15.2. The van der Waals surface area contributed by atoms with Crippen LogP contribution >= 0.6 is 0 Å². The van der Waals surface area contributed by atoms with Gasteiger partial charge in [0.05, 0.1) is 19.4 Å². The van der Waals surface area contributed by atoms with Crippen LogP contribution in [0, 0.1) is 5.92 Å². The zero-order valence-corrected chi connectivity index (χ0v) is 36.3. The number of carbonyl (C=O) groups is 10. The van der Waals surface area contributed by atoms with Crippen molar-refractivity contribution < 1.29 is 68.4 Å². The van der Waals surface area contributed by atoms with Crippen LogP contribution in [0.15, 0.2) is 29.3 Å². The van der Waals surface area contributed by atoms with E-state index >= 15 is 0 Å². The molecule has 362 valence electrons. The van der Waals surface area contributed by atoms with Crippen molar-refractivity contribution >= 4 is 65.2 Å². The Morgan fingerprint density at radius 1 is 0.585 bits per heavy atom. The predicted molar refractivity (Wildman–Crippen MR) is 230 cm³/mol. The fraction of sp³-hybridized carbons (Fsp3) is 0.564. The maximum absolute atomic E-state index is 14.2. The van der Waals surface area contributed by atoms with E-state index in [0.29, 0.717) is 12.0 Å². The van der Waals surface area contributed by atoms with Crippen molar-refractivity contribution in [3.63, 3.8) is 0 Å². The lowest BCUT2D eigenvalue weighted by atomic mass is 10.0. The molecule has 0 unspecified atom stereocenters. The molecule has 19 N–H and O–H groups in total. The third-order valence-corrected chi connectivity index (χ3v) is 9.38. The number of carbonyl (C=O) groups excluding carboxylic acids is 7. The lowest BCUT2D eigenvalue weighted by Crippen LogP contribution is -2.60. The molecule has 0 fully saturated rings. The number of phenols is 1. The summed E-state index contributed by atoms with van der Waals surface area (Å²) in [6.45, 7) is 4.00. The van der Waals surface area contributed by atoms with Crippen LogP contribution in [0.4, 0.5) is 0 Å². The molecule has 0 spiro atoms. The number of hydrogen-bond acceptors (Lipinski definition) is 14. The fourth-order valence-electron chi connectivity index (χ4n) is 5.90. The molecule has 0 aromatic heterocycles. The van der Waals surface area contributed by atoms with Crippen molar-refractivity contribution in [2.75, 3.05) is 19.6 Å². The van der Waals surface area contributed by atoms with Gasteiger partial charge >= 0.3 is 17.9 Å². The molecular weight excluding hydrogens is 860 g/mol. The molecule has 0 bridgehead atoms. The van der Waals surface area contributed by atoms with E-state index in [4.69, 9.17) is 28.0 Å². The highest BCUT2D eigenvalue weighted by Crippen LogP contribution is 2.14. The normalized spacial score (nSPS) is 14.1. The van der Waals surface area contributed by atoms with Crippen molar-refractivity contribution in [3.8, 4) is 5.75 Å². The molecule has 26 nitrogen and oxygen atoms in total. The zero-order chi connectivity index (χ0) is 49.4. The third kappa shape index (κ3) is 21.7. The molecule has 0 aliphatic rings. The van der Waals surface area contributed by atoms with E-state index < -0.39 is 127 Å². The number of carboxylic acids is 3. The second-order valence-electron chi connectivity index (χ2n) is 15.2. The van der Waals surface area contributed by atoms with Gasteiger partial charge in [0.2, 0.25) is 41.4 Å². The molecule has 7 atom stereocenters. The number of unbranched alkanes of at least 4 members (excludes halogenated alkanes) is 1. The van der Waals surface area contributed by atoms with Gasteiger partial charge < -0.3 is 80.6 Å². The van der Waals surface area contributed by atoms with Crippen LogP contribution in [0.2, 0.25) is 0 Å². The van der Waals surface area contributed by atoms with E-state index in [0.717, 1.165) is 0 Å². The summed E-state index contributed by atoms with van der Waals surface area (Å²) in [4.78, 5) is 132. The van der Waals surface area contributed by atoms with E-state index in [9.17, 15) is 63.3 Å². The first kappa shape index (κ1) is 55.9. The Balaban J connectivity index is 3.60. The van der Waals surface area contributed by atoms with Crippen LogP contribution in [0.3, 0.4) is 0 Å². The lowest BCUT2D eigenvalue weighted by Gasteiger charge is -2.28. The van der Waals surface area contributed by atoms with Gasteiger partial charge in [-0.15, -0.1) is 0 Å². The Labute approximate surface area is 373 Å². The number of aliphatic imine (C=N–C) groups is 1. The van der Waals surface area contributed by atoms with Gasteiger partial charge in [0, 0.05) is 13.0 Å². The zero-order valence-electron chi connectivity index (χ0n) is 36.3. The molecule has 1 rings (SSSR count). The Kier molecular flexibility index (Phi) is 24.6. The molecule has 26 heteroatoms. The number of hydrogen-bond donors (Lipinski definition) is 15. The summed E-state index contributed by atoms with van der Waals surface area (Å²) in [5, 5.41) is 54.6. The van der Waals surface area contributed by atoms with Gasteiger partial charge in [0.1, 0.15) is 48.0 Å². The third-order valence-electron chi connectivity index (χ3n) is 9.38. The number of nitrogens with two attached hydrogens (primary N) is 4. The number of guanidine groups is 1. The van der Waals surface area contributed by atoms with Gasteiger partial charge in [-0.25, -0.2) is 4.79 Å². The molecule has 0 radical (unpaired) electrons. The first-order valence-corrected chi connectivity index (χ1v) is 20.5. The maximum atomic E-state index is 14.2. The van der Waals surface area contributed by atoms with Crippen LogP contribution < -0.4 is 60.2 Å². The molecule has 0 saturated heterocycles. The first-order chi connectivity index (χ1) is 30.5. The van der Waals surface area contributed by atoms with E-state index in [1.54, 1.807) is 0 Å². The fourth-order valence-corrected chi connectivity index (χ4v) is 5.90. The van der Waals surface area contributed by atoms with Crippen molar-refractivity contribution in [3.05, 3.63) is 29.8 Å². The van der Waals surface area contributed by atoms with E-state index in [1.807, 2.05) is 0 Å². The first-order valence-electron chi connectivity index (χ1n) is 20.5. The summed E-state index contributed by atoms with van der Waals surface area (Å²) in [7, 11) is 0. The number of rotatable bonds is 30. The SMILES string of the molecule is CC(C)[C@H](NC(=O)[C@H](CCCN=C(N)N)NC(=O)[C@H](Cc1ccc(O)cc1)NC(=O)[C@H](CCCCN)NC(=O)[C@H](CC(=O)O)NC(=O)[C@H](C)NC(=O)CN)C(=O)N[C@@H](CC(=O)O)C(=O)O. The number of carboxylic acid groups (broad SMARTS) is 3. The van der Waals surface area contributed by atoms with Crippen LogP contribution in [0.1, 0.15) is 71.3 Å². The minimum atomic E-state index is -1.84. The van der Waals surface area contributed by atoms with Gasteiger partial charge in [-0.2, -0.15) is 0 Å². The Bertz CT molecular complexity index is 1860. The Hall–Kier alpha value is -7.09. The quantitative estimate of drug-likeness (QED) is 0.0195. The highest BCUT2D eigenvalue weighted by molar-refractivity contribution is 5.98. The average Bonchev–Trinajstić information content (AvgIpc) is 3.22. The molecule has 0 saturated carbocycles. The average molecular weight is 923 g/mol. The largest absolute Gasteiger partial charge is 0.508 e. The summed E-state index contributed by atoms with van der Waals surface area (Å²) in [5.41, 5.74) is 22.2. The van der Waals surface area contributed by atoms with Gasteiger partial charge in [-0.1, -0.05) is 26.0 Å². The second kappa shape index (κ2) is 28.6. The van der Waals surface area contributed by atoms with E-state index in [1.165, 1.54) is 45.0 Å². The number of nitrogens with zero attached hydrogens (tertiary/aromatic N) is 1. The topological polar surface area (TPSA) is 452 Å². The predicted octanol–water partition coefficient (Wildman–Crippen LogP) is -4.82. The van der Waals surface area contributed by atoms with E-state index in [-0.39, 0.29) is 56.9 Å². The molecular formula is C39H62N12O14. The van der Waals surface area contributed by atoms with Crippen LogP contribution in [0.25, 0.3) is 0 Å². The summed E-state index contributed by atoms with van der Waals surface area (Å²) in [6, 6.07) is -5.25. The van der Waals surface area contributed by atoms with Gasteiger partial charge in [-0.05, 0) is 69.2 Å². The Morgan fingerprint density at radius 3 is 1.57 bits per heavy atom. The number of nitrogens with one attached hydrogen (secondary N) is 7.